The Morgan fingerprint density at radius 1 is 0.750 bits per heavy atom. The Morgan fingerprint density at radius 2 is 1.25 bits per heavy atom. The normalized spacial score (nSPS) is 17.6. The molecule has 0 N–H and O–H groups in total. The fraction of sp³-hybridized carbons (Fsp3) is 0.714. The topological polar surface area (TPSA) is 61.8 Å². The van der Waals surface area contributed by atoms with Gasteiger partial charge in [-0.2, -0.15) is 0 Å². The van der Waals surface area contributed by atoms with Gasteiger partial charge >= 0.3 is 11.9 Å². The van der Waals surface area contributed by atoms with Crippen molar-refractivity contribution >= 4 is 18.0 Å². The highest BCUT2D eigenvalue weighted by Crippen LogP contribution is 2.28. The molecule has 1 saturated carbocycles. The van der Waals surface area contributed by atoms with E-state index >= 15 is 0 Å². The molecule has 1 aromatic rings. The molecule has 1 aliphatic rings. The van der Waals surface area contributed by atoms with Crippen molar-refractivity contribution in [1.82, 2.24) is 0 Å². The van der Waals surface area contributed by atoms with E-state index in [9.17, 15) is 9.59 Å². The third-order valence-corrected chi connectivity index (χ3v) is 8.17. The van der Waals surface area contributed by atoms with Gasteiger partial charge < -0.3 is 14.2 Å². The van der Waals surface area contributed by atoms with Crippen LogP contribution in [0.2, 0.25) is 0 Å². The summed E-state index contributed by atoms with van der Waals surface area (Å²) in [5, 5.41) is 0. The molecule has 5 heteroatoms. The van der Waals surface area contributed by atoms with Crippen LogP contribution in [0.3, 0.4) is 0 Å². The summed E-state index contributed by atoms with van der Waals surface area (Å²) in [6, 6.07) is 7.82. The highest BCUT2D eigenvalue weighted by Gasteiger charge is 2.32. The average Bonchev–Trinajstić information content (AvgIpc) is 2.96. The van der Waals surface area contributed by atoms with Gasteiger partial charge in [-0.15, -0.1) is 0 Å². The van der Waals surface area contributed by atoms with E-state index in [4.69, 9.17) is 14.2 Å². The smallest absolute Gasteiger partial charge is 0.331 e. The maximum Gasteiger partial charge on any atom is 0.331 e. The number of hydrogen-bond donors (Lipinski definition) is 0. The third-order valence-electron chi connectivity index (χ3n) is 8.17. The molecule has 0 atom stereocenters. The van der Waals surface area contributed by atoms with Crippen molar-refractivity contribution in [2.24, 2.45) is 5.41 Å². The van der Waals surface area contributed by atoms with Gasteiger partial charge in [0.05, 0.1) is 12.0 Å². The number of unbranched alkanes of at least 4 members (excludes halogenated alkanes) is 11. The highest BCUT2D eigenvalue weighted by atomic mass is 16.6. The number of carbonyl (C=O) groups is 2. The first kappa shape index (κ1) is 33.9. The summed E-state index contributed by atoms with van der Waals surface area (Å²) >= 11 is 0. The molecular weight excluding hydrogens is 500 g/mol. The zero-order chi connectivity index (χ0) is 29.1. The Bertz CT molecular complexity index is 849. The molecule has 0 amide bonds. The number of rotatable bonds is 20. The molecule has 0 bridgehead atoms. The molecule has 40 heavy (non-hydrogen) atoms. The van der Waals surface area contributed by atoms with Crippen LogP contribution in [0.4, 0.5) is 0 Å². The fourth-order valence-corrected chi connectivity index (χ4v) is 4.90. The zero-order valence-corrected chi connectivity index (χ0v) is 25.9. The summed E-state index contributed by atoms with van der Waals surface area (Å²) in [6.07, 6.45) is 22.8. The molecule has 1 fully saturated rings. The molecule has 0 aromatic heterocycles. The Hall–Kier alpha value is -2.30. The molecule has 5 nitrogen and oxygen atoms in total. The standard InChI is InChI=1S/C35H56O5/c1-5-7-8-9-10-11-12-13-14-15-16-17-28-38-30-21-18-29(19-22-30)20-27-33(36)39-31-23-25-32(26-24-31)40-34(37)35(3,4)6-2/h18-22,27,31-32H,5-17,23-26,28H2,1-4H3/b27-20+. The van der Waals surface area contributed by atoms with Gasteiger partial charge in [0.1, 0.15) is 18.0 Å². The monoisotopic (exact) mass is 556 g/mol. The van der Waals surface area contributed by atoms with Crippen molar-refractivity contribution in [3.8, 4) is 5.75 Å². The Kier molecular flexibility index (Phi) is 16.7. The van der Waals surface area contributed by atoms with Gasteiger partial charge in [0.2, 0.25) is 0 Å². The molecule has 0 spiro atoms. The maximum atomic E-state index is 12.3. The zero-order valence-electron chi connectivity index (χ0n) is 25.9. The average molecular weight is 557 g/mol. The minimum atomic E-state index is -0.454. The first-order valence-electron chi connectivity index (χ1n) is 16.2. The van der Waals surface area contributed by atoms with Crippen LogP contribution in [0.1, 0.15) is 142 Å². The Balaban J connectivity index is 1.53. The van der Waals surface area contributed by atoms with Crippen LogP contribution in [-0.4, -0.2) is 30.8 Å². The van der Waals surface area contributed by atoms with E-state index < -0.39 is 5.41 Å². The van der Waals surface area contributed by atoms with Gasteiger partial charge in [-0.1, -0.05) is 96.6 Å². The third kappa shape index (κ3) is 14.4. The number of esters is 2. The molecule has 0 unspecified atom stereocenters. The predicted octanol–water partition coefficient (Wildman–Crippen LogP) is 9.61. The van der Waals surface area contributed by atoms with E-state index in [1.807, 2.05) is 45.0 Å². The van der Waals surface area contributed by atoms with Gasteiger partial charge in [-0.05, 0) is 76.1 Å². The lowest BCUT2D eigenvalue weighted by Gasteiger charge is -2.30. The SMILES string of the molecule is CCCCCCCCCCCCCCOc1ccc(/C=C/C(=O)OC2CCC(OC(=O)C(C)(C)CC)CC2)cc1. The maximum absolute atomic E-state index is 12.3. The molecule has 226 valence electrons. The van der Waals surface area contributed by atoms with Crippen LogP contribution < -0.4 is 4.74 Å². The van der Waals surface area contributed by atoms with Crippen LogP contribution in [0.15, 0.2) is 30.3 Å². The second kappa shape index (κ2) is 19.7. The second-order valence-corrected chi connectivity index (χ2v) is 12.1. The summed E-state index contributed by atoms with van der Waals surface area (Å²) in [5.74, 6) is 0.390. The predicted molar refractivity (Wildman–Crippen MR) is 164 cm³/mol. The van der Waals surface area contributed by atoms with Crippen molar-refractivity contribution < 1.29 is 23.8 Å². The molecule has 0 saturated heterocycles. The van der Waals surface area contributed by atoms with Gasteiger partial charge in [-0.3, -0.25) is 4.79 Å². The number of carbonyl (C=O) groups excluding carboxylic acids is 2. The number of benzene rings is 1. The first-order valence-corrected chi connectivity index (χ1v) is 16.2. The highest BCUT2D eigenvalue weighted by molar-refractivity contribution is 5.87. The van der Waals surface area contributed by atoms with Crippen LogP contribution >= 0.6 is 0 Å². The summed E-state index contributed by atoms with van der Waals surface area (Å²) in [6.45, 7) is 8.84. The quantitative estimate of drug-likeness (QED) is 0.0909. The van der Waals surface area contributed by atoms with E-state index in [0.717, 1.165) is 56.4 Å². The Morgan fingerprint density at radius 3 is 1.77 bits per heavy atom. The summed E-state index contributed by atoms with van der Waals surface area (Å²) < 4.78 is 17.2. The van der Waals surface area contributed by atoms with E-state index in [2.05, 4.69) is 6.92 Å². The number of hydrogen-bond acceptors (Lipinski definition) is 5. The lowest BCUT2D eigenvalue weighted by molar-refractivity contribution is -0.164. The summed E-state index contributed by atoms with van der Waals surface area (Å²) in [5.41, 5.74) is 0.480. The van der Waals surface area contributed by atoms with Crippen molar-refractivity contribution in [1.29, 1.82) is 0 Å². The van der Waals surface area contributed by atoms with Crippen molar-refractivity contribution in [3.05, 3.63) is 35.9 Å². The van der Waals surface area contributed by atoms with Crippen LogP contribution in [0, 0.1) is 5.41 Å². The van der Waals surface area contributed by atoms with Crippen molar-refractivity contribution in [3.63, 3.8) is 0 Å². The van der Waals surface area contributed by atoms with Crippen LogP contribution in [-0.2, 0) is 19.1 Å². The molecule has 0 aliphatic heterocycles. The molecular formula is C35H56O5. The fourth-order valence-electron chi connectivity index (χ4n) is 4.90. The summed E-state index contributed by atoms with van der Waals surface area (Å²) in [4.78, 5) is 24.6. The first-order chi connectivity index (χ1) is 19.3. The van der Waals surface area contributed by atoms with E-state index in [0.29, 0.717) is 0 Å². The van der Waals surface area contributed by atoms with Gasteiger partial charge in [-0.25, -0.2) is 4.79 Å². The lowest BCUT2D eigenvalue weighted by Crippen LogP contribution is -2.34. The lowest BCUT2D eigenvalue weighted by atomic mass is 9.90. The van der Waals surface area contributed by atoms with Gasteiger partial charge in [0.25, 0.3) is 0 Å². The van der Waals surface area contributed by atoms with E-state index in [1.54, 1.807) is 6.08 Å². The minimum Gasteiger partial charge on any atom is -0.494 e. The summed E-state index contributed by atoms with van der Waals surface area (Å²) in [7, 11) is 0. The number of ether oxygens (including phenoxy) is 3. The van der Waals surface area contributed by atoms with Gasteiger partial charge in [0, 0.05) is 6.08 Å². The van der Waals surface area contributed by atoms with E-state index in [-0.39, 0.29) is 24.1 Å². The van der Waals surface area contributed by atoms with E-state index in [1.165, 1.54) is 76.7 Å². The molecule has 1 aromatic carbocycles. The van der Waals surface area contributed by atoms with Crippen LogP contribution in [0.5, 0.6) is 5.75 Å². The molecule has 0 radical (unpaired) electrons. The largest absolute Gasteiger partial charge is 0.494 e. The molecule has 2 rings (SSSR count). The molecule has 1 aliphatic carbocycles. The second-order valence-electron chi connectivity index (χ2n) is 12.1. The van der Waals surface area contributed by atoms with Gasteiger partial charge in [0.15, 0.2) is 0 Å². The molecule has 0 heterocycles. The van der Waals surface area contributed by atoms with Crippen LogP contribution in [0.25, 0.3) is 6.08 Å². The van der Waals surface area contributed by atoms with Crippen molar-refractivity contribution in [2.75, 3.05) is 6.61 Å². The minimum absolute atomic E-state index is 0.0794. The Labute approximate surface area is 244 Å². The van der Waals surface area contributed by atoms with Crippen molar-refractivity contribution in [2.45, 2.75) is 149 Å².